The van der Waals surface area contributed by atoms with Crippen LogP contribution in [0.2, 0.25) is 5.02 Å². The van der Waals surface area contributed by atoms with Crippen molar-refractivity contribution in [1.29, 1.82) is 0 Å². The van der Waals surface area contributed by atoms with Crippen molar-refractivity contribution < 1.29 is 4.79 Å². The van der Waals surface area contributed by atoms with Crippen LogP contribution in [0.5, 0.6) is 0 Å². The number of amides is 2. The number of rotatable bonds is 8. The Morgan fingerprint density at radius 3 is 3.00 bits per heavy atom. The summed E-state index contributed by atoms with van der Waals surface area (Å²) in [5.41, 5.74) is 0.724. The van der Waals surface area contributed by atoms with E-state index in [-0.39, 0.29) is 6.03 Å². The number of pyridine rings is 1. The molecule has 2 amide bonds. The summed E-state index contributed by atoms with van der Waals surface area (Å²) in [5.74, 6) is 0.522. The van der Waals surface area contributed by atoms with Gasteiger partial charge in [0.05, 0.1) is 11.2 Å². The average molecular weight is 381 g/mol. The summed E-state index contributed by atoms with van der Waals surface area (Å²) in [6, 6.07) is 1.51. The molecule has 25 heavy (non-hydrogen) atoms. The first kappa shape index (κ1) is 19.5. The lowest BCUT2D eigenvalue weighted by Crippen LogP contribution is -2.38. The smallest absolute Gasteiger partial charge is 0.333 e. The number of allylic oxidation sites excluding steroid dienone is 3. The molecule has 0 spiro atoms. The van der Waals surface area contributed by atoms with E-state index in [2.05, 4.69) is 15.4 Å². The van der Waals surface area contributed by atoms with E-state index in [1.165, 1.54) is 5.01 Å². The molecule has 5 nitrogen and oxygen atoms in total. The van der Waals surface area contributed by atoms with Crippen LogP contribution in [0.3, 0.4) is 0 Å². The Morgan fingerprint density at radius 1 is 1.52 bits per heavy atom. The summed E-state index contributed by atoms with van der Waals surface area (Å²) < 4.78 is 0. The maximum atomic E-state index is 12.4. The monoisotopic (exact) mass is 380 g/mol. The van der Waals surface area contributed by atoms with Crippen LogP contribution in [-0.4, -0.2) is 35.3 Å². The van der Waals surface area contributed by atoms with E-state index in [9.17, 15) is 4.79 Å². The van der Waals surface area contributed by atoms with Crippen molar-refractivity contribution >= 4 is 35.4 Å². The van der Waals surface area contributed by atoms with Gasteiger partial charge in [-0.25, -0.2) is 9.80 Å². The van der Waals surface area contributed by atoms with Gasteiger partial charge in [-0.2, -0.15) is 5.10 Å². The summed E-state index contributed by atoms with van der Waals surface area (Å²) in [6.07, 6.45) is 13.4. The topological polar surface area (TPSA) is 57.6 Å². The Labute approximate surface area is 158 Å². The molecule has 1 fully saturated rings. The van der Waals surface area contributed by atoms with Crippen LogP contribution in [0, 0.1) is 5.92 Å². The standard InChI is InChI=1S/C18H22Cl2N4O/c1-2-4-16(19)5-3-9-22-18(25)24(13-14-6-7-14)23-11-15-8-10-21-12-17(15)20/h3-5,8,10-12,14H,2,6-7,9,13H2,1H3,(H,22,25)/b5-3-,16-4+,23-11+. The predicted molar refractivity (Wildman–Crippen MR) is 103 cm³/mol. The number of carbonyl (C=O) groups is 1. The average Bonchev–Trinajstić information content (AvgIpc) is 3.41. The highest BCUT2D eigenvalue weighted by Crippen LogP contribution is 2.29. The van der Waals surface area contributed by atoms with E-state index in [4.69, 9.17) is 23.2 Å². The van der Waals surface area contributed by atoms with Crippen molar-refractivity contribution in [3.63, 3.8) is 0 Å². The third kappa shape index (κ3) is 7.28. The largest absolute Gasteiger partial charge is 0.338 e. The Hall–Kier alpha value is -1.85. The fraction of sp³-hybridized carbons (Fsp3) is 0.389. The normalized spacial score (nSPS) is 15.1. The SMILES string of the molecule is CC/C=C(Cl)\C=C/CNC(=O)N(CC1CC1)/N=C/c1ccncc1Cl. The highest BCUT2D eigenvalue weighted by molar-refractivity contribution is 6.33. The maximum Gasteiger partial charge on any atom is 0.338 e. The van der Waals surface area contributed by atoms with Crippen LogP contribution in [0.1, 0.15) is 31.7 Å². The van der Waals surface area contributed by atoms with Gasteiger partial charge in [0.25, 0.3) is 0 Å². The molecule has 1 aromatic heterocycles. The minimum absolute atomic E-state index is 0.242. The number of hydrogen-bond acceptors (Lipinski definition) is 3. The number of aromatic nitrogens is 1. The Bertz CT molecular complexity index is 669. The zero-order valence-corrected chi connectivity index (χ0v) is 15.7. The first-order valence-electron chi connectivity index (χ1n) is 8.31. The Kier molecular flexibility index (Phi) is 7.95. The minimum Gasteiger partial charge on any atom is -0.333 e. The van der Waals surface area contributed by atoms with Crippen molar-refractivity contribution in [2.45, 2.75) is 26.2 Å². The highest BCUT2D eigenvalue weighted by Gasteiger charge is 2.26. The number of nitrogens with one attached hydrogen (secondary N) is 1. The maximum absolute atomic E-state index is 12.4. The first-order valence-corrected chi connectivity index (χ1v) is 9.06. The van der Waals surface area contributed by atoms with E-state index in [1.807, 2.05) is 19.1 Å². The molecule has 1 aliphatic rings. The Morgan fingerprint density at radius 2 is 2.32 bits per heavy atom. The predicted octanol–water partition coefficient (Wildman–Crippen LogP) is 4.58. The Balaban J connectivity index is 1.93. The van der Waals surface area contributed by atoms with E-state index in [1.54, 1.807) is 30.8 Å². The third-order valence-corrected chi connectivity index (χ3v) is 4.15. The lowest BCUT2D eigenvalue weighted by atomic mass is 10.3. The van der Waals surface area contributed by atoms with Crippen LogP contribution in [0.15, 0.2) is 46.8 Å². The van der Waals surface area contributed by atoms with Crippen LogP contribution < -0.4 is 5.32 Å². The van der Waals surface area contributed by atoms with Gasteiger partial charge >= 0.3 is 6.03 Å². The summed E-state index contributed by atoms with van der Waals surface area (Å²) in [7, 11) is 0. The third-order valence-electron chi connectivity index (χ3n) is 3.55. The molecule has 0 saturated heterocycles. The van der Waals surface area contributed by atoms with Crippen molar-refractivity contribution in [2.24, 2.45) is 11.0 Å². The molecule has 1 N–H and O–H groups in total. The molecule has 2 rings (SSSR count). The number of nitrogens with zero attached hydrogens (tertiary/aromatic N) is 3. The molecule has 1 aliphatic carbocycles. The molecule has 1 heterocycles. The fourth-order valence-corrected chi connectivity index (χ4v) is 2.43. The van der Waals surface area contributed by atoms with Crippen molar-refractivity contribution in [2.75, 3.05) is 13.1 Å². The second-order valence-corrected chi connectivity index (χ2v) is 6.60. The number of carbonyl (C=O) groups excluding carboxylic acids is 1. The quantitative estimate of drug-likeness (QED) is 0.407. The number of hydrazone groups is 1. The number of urea groups is 1. The molecule has 0 aliphatic heterocycles. The van der Waals surface area contributed by atoms with E-state index < -0.39 is 0 Å². The highest BCUT2D eigenvalue weighted by atomic mass is 35.5. The van der Waals surface area contributed by atoms with E-state index >= 15 is 0 Å². The van der Waals surface area contributed by atoms with Gasteiger partial charge in [-0.3, -0.25) is 4.98 Å². The van der Waals surface area contributed by atoms with Gasteiger partial charge in [-0.1, -0.05) is 42.3 Å². The molecule has 0 atom stereocenters. The molecule has 134 valence electrons. The molecule has 0 unspecified atom stereocenters. The van der Waals surface area contributed by atoms with Crippen LogP contribution in [0.25, 0.3) is 0 Å². The van der Waals surface area contributed by atoms with Crippen molar-refractivity contribution in [3.8, 4) is 0 Å². The second-order valence-electron chi connectivity index (χ2n) is 5.75. The summed E-state index contributed by atoms with van der Waals surface area (Å²) in [6.45, 7) is 3.01. The van der Waals surface area contributed by atoms with Gasteiger partial charge in [0.1, 0.15) is 0 Å². The summed E-state index contributed by atoms with van der Waals surface area (Å²) >= 11 is 12.0. The molecule has 0 aromatic carbocycles. The minimum atomic E-state index is -0.242. The number of hydrogen-bond donors (Lipinski definition) is 1. The molecule has 0 radical (unpaired) electrons. The fourth-order valence-electron chi connectivity index (χ4n) is 2.02. The van der Waals surface area contributed by atoms with E-state index in [0.717, 1.165) is 24.8 Å². The molecule has 0 bridgehead atoms. The van der Waals surface area contributed by atoms with Crippen LogP contribution in [0.4, 0.5) is 4.79 Å². The summed E-state index contributed by atoms with van der Waals surface area (Å²) in [5, 5.41) is 9.73. The van der Waals surface area contributed by atoms with Crippen LogP contribution >= 0.6 is 23.2 Å². The molecule has 7 heteroatoms. The zero-order valence-electron chi connectivity index (χ0n) is 14.2. The second kappa shape index (κ2) is 10.2. The van der Waals surface area contributed by atoms with Gasteiger partial charge in [0.2, 0.25) is 0 Å². The molecular weight excluding hydrogens is 359 g/mol. The van der Waals surface area contributed by atoms with Gasteiger partial charge in [-0.05, 0) is 37.3 Å². The van der Waals surface area contributed by atoms with Gasteiger partial charge in [0, 0.05) is 36.1 Å². The van der Waals surface area contributed by atoms with Crippen LogP contribution in [-0.2, 0) is 0 Å². The van der Waals surface area contributed by atoms with Crippen molar-refractivity contribution in [1.82, 2.24) is 15.3 Å². The van der Waals surface area contributed by atoms with Gasteiger partial charge < -0.3 is 5.32 Å². The first-order chi connectivity index (χ1) is 12.1. The van der Waals surface area contributed by atoms with Crippen molar-refractivity contribution in [3.05, 3.63) is 52.3 Å². The number of halogens is 2. The lowest BCUT2D eigenvalue weighted by molar-refractivity contribution is 0.199. The zero-order chi connectivity index (χ0) is 18.1. The molecule has 1 saturated carbocycles. The van der Waals surface area contributed by atoms with E-state index in [0.29, 0.717) is 29.1 Å². The molecule has 1 aromatic rings. The van der Waals surface area contributed by atoms with Gasteiger partial charge in [-0.15, -0.1) is 0 Å². The van der Waals surface area contributed by atoms with Gasteiger partial charge in [0.15, 0.2) is 0 Å². The molecular formula is C18H22Cl2N4O. The summed E-state index contributed by atoms with van der Waals surface area (Å²) in [4.78, 5) is 16.3. The lowest BCUT2D eigenvalue weighted by Gasteiger charge is -2.17.